The summed E-state index contributed by atoms with van der Waals surface area (Å²) < 4.78 is 7.30. The van der Waals surface area contributed by atoms with Crippen LogP contribution in [0.3, 0.4) is 0 Å². The highest BCUT2D eigenvalue weighted by Crippen LogP contribution is 2.34. The topological polar surface area (TPSA) is 86.6 Å². The Morgan fingerprint density at radius 1 is 0.949 bits per heavy atom. The van der Waals surface area contributed by atoms with Crippen LogP contribution in [-0.4, -0.2) is 70.3 Å². The zero-order valence-electron chi connectivity index (χ0n) is 22.6. The average molecular weight is 545 g/mol. The van der Waals surface area contributed by atoms with E-state index >= 15 is 0 Å². The Morgan fingerprint density at radius 2 is 1.74 bits per heavy atom. The van der Waals surface area contributed by atoms with Crippen molar-refractivity contribution in [2.24, 2.45) is 0 Å². The zero-order valence-corrected chi connectivity index (χ0v) is 23.4. The van der Waals surface area contributed by atoms with Crippen molar-refractivity contribution < 1.29 is 9.84 Å². The van der Waals surface area contributed by atoms with E-state index in [-0.39, 0.29) is 12.1 Å². The molecule has 0 amide bonds. The molecule has 0 bridgehead atoms. The number of aliphatic hydroxyl groups is 1. The third-order valence-electron chi connectivity index (χ3n) is 7.93. The second-order valence-corrected chi connectivity index (χ2v) is 11.8. The van der Waals surface area contributed by atoms with Crippen LogP contribution in [-0.2, 0) is 0 Å². The summed E-state index contributed by atoms with van der Waals surface area (Å²) in [6, 6.07) is 14.7. The molecule has 1 aliphatic carbocycles. The van der Waals surface area contributed by atoms with Gasteiger partial charge in [0, 0.05) is 49.2 Å². The molecule has 1 saturated carbocycles. The summed E-state index contributed by atoms with van der Waals surface area (Å²) in [6.07, 6.45) is 9.70. The summed E-state index contributed by atoms with van der Waals surface area (Å²) in [4.78, 5) is 18.7. The minimum Gasteiger partial charge on any atom is -0.457 e. The van der Waals surface area contributed by atoms with Crippen molar-refractivity contribution in [3.05, 3.63) is 54.9 Å². The first-order valence-electron chi connectivity index (χ1n) is 13.9. The van der Waals surface area contributed by atoms with Crippen LogP contribution in [0.1, 0.15) is 38.5 Å². The molecule has 39 heavy (non-hydrogen) atoms. The number of aliphatic hydroxyl groups excluding tert-OH is 1. The Labute approximate surface area is 233 Å². The highest BCUT2D eigenvalue weighted by atomic mass is 32.1. The number of nitrogens with one attached hydrogen (secondary N) is 1. The molecule has 6 rings (SSSR count). The summed E-state index contributed by atoms with van der Waals surface area (Å²) in [7, 11) is 4.32. The molecule has 2 N–H and O–H groups in total. The van der Waals surface area contributed by atoms with Gasteiger partial charge in [-0.05, 0) is 70.1 Å². The molecule has 0 spiro atoms. The van der Waals surface area contributed by atoms with Crippen LogP contribution in [0.2, 0.25) is 0 Å². The van der Waals surface area contributed by atoms with E-state index in [1.54, 1.807) is 17.5 Å². The number of fused-ring (bicyclic) bond motifs is 1. The normalized spacial score (nSPS) is 20.5. The maximum atomic E-state index is 10.3. The average Bonchev–Trinajstić information content (AvgIpc) is 3.36. The lowest BCUT2D eigenvalue weighted by molar-refractivity contribution is 0.116. The number of rotatable bonds is 7. The lowest BCUT2D eigenvalue weighted by Gasteiger charge is -2.35. The van der Waals surface area contributed by atoms with Gasteiger partial charge in [-0.15, -0.1) is 0 Å². The van der Waals surface area contributed by atoms with Crippen LogP contribution in [0, 0.1) is 0 Å². The third kappa shape index (κ3) is 6.00. The van der Waals surface area contributed by atoms with Crippen molar-refractivity contribution in [3.8, 4) is 22.8 Å². The predicted octanol–water partition coefficient (Wildman–Crippen LogP) is 5.79. The van der Waals surface area contributed by atoms with Crippen LogP contribution in [0.4, 0.5) is 10.9 Å². The summed E-state index contributed by atoms with van der Waals surface area (Å²) in [6.45, 7) is 2.02. The smallest absolute Gasteiger partial charge is 0.184 e. The molecule has 0 radical (unpaired) electrons. The highest BCUT2D eigenvalue weighted by Gasteiger charge is 2.24. The first-order chi connectivity index (χ1) is 19.0. The SMILES string of the molecule is CN(C)C1CCN(c2cc(-c3cc(Oc4ccc5nc(N[C@@H]6CCCC[C@H]6O)sc5c4)ccn3)ccn2)CC1. The molecule has 1 aliphatic heterocycles. The number of anilines is 2. The minimum atomic E-state index is -0.308. The molecule has 9 heteroatoms. The first-order valence-corrected chi connectivity index (χ1v) is 14.7. The van der Waals surface area contributed by atoms with Gasteiger partial charge in [0.05, 0.1) is 28.1 Å². The van der Waals surface area contributed by atoms with Gasteiger partial charge >= 0.3 is 0 Å². The van der Waals surface area contributed by atoms with Crippen molar-refractivity contribution in [1.29, 1.82) is 0 Å². The third-order valence-corrected chi connectivity index (χ3v) is 8.87. The Balaban J connectivity index is 1.15. The maximum Gasteiger partial charge on any atom is 0.184 e. The Morgan fingerprint density at radius 3 is 2.56 bits per heavy atom. The van der Waals surface area contributed by atoms with Gasteiger partial charge in [-0.1, -0.05) is 24.2 Å². The predicted molar refractivity (Wildman–Crippen MR) is 158 cm³/mol. The zero-order chi connectivity index (χ0) is 26.8. The van der Waals surface area contributed by atoms with Gasteiger partial charge in [0.1, 0.15) is 17.3 Å². The Bertz CT molecular complexity index is 1420. The summed E-state index contributed by atoms with van der Waals surface area (Å²) >= 11 is 1.59. The van der Waals surface area contributed by atoms with Crippen molar-refractivity contribution in [2.45, 2.75) is 56.7 Å². The monoisotopic (exact) mass is 544 g/mol. The summed E-state index contributed by atoms with van der Waals surface area (Å²) in [5.74, 6) is 2.49. The van der Waals surface area contributed by atoms with E-state index < -0.39 is 0 Å². The van der Waals surface area contributed by atoms with Crippen LogP contribution < -0.4 is 15.0 Å². The highest BCUT2D eigenvalue weighted by molar-refractivity contribution is 7.22. The van der Waals surface area contributed by atoms with Gasteiger partial charge in [-0.3, -0.25) is 4.98 Å². The number of hydrogen-bond acceptors (Lipinski definition) is 9. The van der Waals surface area contributed by atoms with E-state index in [0.717, 1.165) is 95.5 Å². The van der Waals surface area contributed by atoms with Crippen LogP contribution in [0.25, 0.3) is 21.5 Å². The van der Waals surface area contributed by atoms with E-state index in [1.165, 1.54) is 0 Å². The second kappa shape index (κ2) is 11.5. The minimum absolute atomic E-state index is 0.0730. The van der Waals surface area contributed by atoms with Crippen molar-refractivity contribution >= 4 is 32.5 Å². The molecule has 4 heterocycles. The molecular formula is C30H36N6O2S. The molecule has 2 aliphatic rings. The number of aromatic nitrogens is 3. The Kier molecular flexibility index (Phi) is 7.63. The number of piperidine rings is 1. The van der Waals surface area contributed by atoms with Crippen molar-refractivity contribution in [3.63, 3.8) is 0 Å². The number of thiazole rings is 1. The molecule has 204 valence electrons. The fourth-order valence-corrected chi connectivity index (χ4v) is 6.55. The van der Waals surface area contributed by atoms with E-state index in [2.05, 4.69) is 45.2 Å². The number of nitrogens with zero attached hydrogens (tertiary/aromatic N) is 5. The van der Waals surface area contributed by atoms with E-state index in [4.69, 9.17) is 9.72 Å². The van der Waals surface area contributed by atoms with Crippen LogP contribution in [0.15, 0.2) is 54.9 Å². The van der Waals surface area contributed by atoms with E-state index in [0.29, 0.717) is 6.04 Å². The van der Waals surface area contributed by atoms with Gasteiger partial charge in [0.25, 0.3) is 0 Å². The van der Waals surface area contributed by atoms with E-state index in [9.17, 15) is 5.11 Å². The fraction of sp³-hybridized carbons (Fsp3) is 0.433. The van der Waals surface area contributed by atoms with Gasteiger partial charge in [-0.2, -0.15) is 0 Å². The largest absolute Gasteiger partial charge is 0.457 e. The van der Waals surface area contributed by atoms with Crippen LogP contribution >= 0.6 is 11.3 Å². The van der Waals surface area contributed by atoms with Gasteiger partial charge in [0.2, 0.25) is 0 Å². The molecule has 1 saturated heterocycles. The Hall–Kier alpha value is -3.27. The number of benzene rings is 1. The molecule has 0 unspecified atom stereocenters. The van der Waals surface area contributed by atoms with Gasteiger partial charge in [0.15, 0.2) is 5.13 Å². The summed E-state index contributed by atoms with van der Waals surface area (Å²) in [5, 5.41) is 14.6. The lowest BCUT2D eigenvalue weighted by atomic mass is 9.93. The fourth-order valence-electron chi connectivity index (χ4n) is 5.60. The number of hydrogen-bond donors (Lipinski definition) is 2. The molecule has 8 nitrogen and oxygen atoms in total. The van der Waals surface area contributed by atoms with E-state index in [1.807, 2.05) is 42.6 Å². The van der Waals surface area contributed by atoms with Gasteiger partial charge < -0.3 is 25.0 Å². The van der Waals surface area contributed by atoms with Crippen LogP contribution in [0.5, 0.6) is 11.5 Å². The number of ether oxygens (including phenoxy) is 1. The second-order valence-electron chi connectivity index (χ2n) is 10.8. The lowest BCUT2D eigenvalue weighted by Crippen LogP contribution is -2.42. The molecule has 4 aromatic rings. The maximum absolute atomic E-state index is 10.3. The quantitative estimate of drug-likeness (QED) is 0.302. The van der Waals surface area contributed by atoms with Crippen molar-refractivity contribution in [1.82, 2.24) is 19.9 Å². The molecular weight excluding hydrogens is 508 g/mol. The first kappa shape index (κ1) is 26.0. The molecule has 1 aromatic carbocycles. The van der Waals surface area contributed by atoms with Crippen molar-refractivity contribution in [2.75, 3.05) is 37.4 Å². The molecule has 3 aromatic heterocycles. The molecule has 2 fully saturated rings. The standard InChI is InChI=1S/C30H36N6O2S/c1-35(2)21-11-15-36(16-12-21)29-17-20(9-13-32-29)26-18-23(10-14-31-26)38-22-7-8-25-28(19-22)39-30(34-25)33-24-5-3-4-6-27(24)37/h7-10,13-14,17-19,21,24,27,37H,3-6,11-12,15-16H2,1-2H3,(H,33,34)/t24-,27-/m1/s1. The van der Waals surface area contributed by atoms with Gasteiger partial charge in [-0.25, -0.2) is 9.97 Å². The summed E-state index contributed by atoms with van der Waals surface area (Å²) in [5.41, 5.74) is 2.81. The number of pyridine rings is 2. The molecule has 2 atom stereocenters.